The summed E-state index contributed by atoms with van der Waals surface area (Å²) in [5, 5.41) is 1.19. The topological polar surface area (TPSA) is 30.9 Å². The van der Waals surface area contributed by atoms with Gasteiger partial charge >= 0.3 is 0 Å². The van der Waals surface area contributed by atoms with Gasteiger partial charge in [-0.05, 0) is 42.0 Å². The normalized spacial score (nSPS) is 11.0. The molecule has 2 N–H and O–H groups in total. The van der Waals surface area contributed by atoms with Gasteiger partial charge in [-0.1, -0.05) is 29.9 Å². The molecular formula is C16H12ClFN2S. The van der Waals surface area contributed by atoms with Crippen molar-refractivity contribution in [3.05, 3.63) is 70.6 Å². The molecule has 1 aromatic heterocycles. The van der Waals surface area contributed by atoms with Crippen LogP contribution in [0.5, 0.6) is 0 Å². The predicted octanol–water partition coefficient (Wildman–Crippen LogP) is 4.12. The fourth-order valence-electron chi connectivity index (χ4n) is 2.33. The summed E-state index contributed by atoms with van der Waals surface area (Å²) >= 11 is 10.7. The lowest BCUT2D eigenvalue weighted by Gasteiger charge is -2.07. The Labute approximate surface area is 131 Å². The Kier molecular flexibility index (Phi) is 3.66. The highest BCUT2D eigenvalue weighted by atomic mass is 35.5. The van der Waals surface area contributed by atoms with Gasteiger partial charge in [0.05, 0.1) is 5.02 Å². The summed E-state index contributed by atoms with van der Waals surface area (Å²) in [5.41, 5.74) is 8.38. The molecule has 0 fully saturated rings. The van der Waals surface area contributed by atoms with Gasteiger partial charge in [0.25, 0.3) is 0 Å². The maximum Gasteiger partial charge on any atom is 0.142 e. The third-order valence-electron chi connectivity index (χ3n) is 3.39. The summed E-state index contributed by atoms with van der Waals surface area (Å²) in [4.78, 5) is 0.379. The van der Waals surface area contributed by atoms with Gasteiger partial charge in [0, 0.05) is 29.2 Å². The summed E-state index contributed by atoms with van der Waals surface area (Å²) in [6.45, 7) is 0.573. The van der Waals surface area contributed by atoms with Crippen LogP contribution in [-0.4, -0.2) is 9.56 Å². The molecule has 3 rings (SSSR count). The second-order valence-corrected chi connectivity index (χ2v) is 5.68. The SMILES string of the molecule is NC(=S)c1ccc2c(ccn2Cc2ccc(Cl)c(F)c2)c1. The van der Waals surface area contributed by atoms with E-state index in [1.807, 2.05) is 41.1 Å². The molecule has 3 aromatic rings. The maximum absolute atomic E-state index is 13.5. The van der Waals surface area contributed by atoms with Crippen molar-refractivity contribution >= 4 is 39.7 Å². The average molecular weight is 319 g/mol. The smallest absolute Gasteiger partial charge is 0.142 e. The summed E-state index contributed by atoms with van der Waals surface area (Å²) in [5.74, 6) is -0.401. The Morgan fingerprint density at radius 3 is 2.71 bits per heavy atom. The Bertz CT molecular complexity index is 841. The first-order valence-electron chi connectivity index (χ1n) is 6.37. The van der Waals surface area contributed by atoms with Crippen LogP contribution < -0.4 is 5.73 Å². The van der Waals surface area contributed by atoms with Gasteiger partial charge in [0.15, 0.2) is 0 Å². The van der Waals surface area contributed by atoms with E-state index in [-0.39, 0.29) is 5.02 Å². The second-order valence-electron chi connectivity index (χ2n) is 4.83. The summed E-state index contributed by atoms with van der Waals surface area (Å²) in [7, 11) is 0. The van der Waals surface area contributed by atoms with Crippen LogP contribution >= 0.6 is 23.8 Å². The molecule has 0 aliphatic carbocycles. The van der Waals surface area contributed by atoms with Crippen molar-refractivity contribution < 1.29 is 4.39 Å². The van der Waals surface area contributed by atoms with E-state index in [0.717, 1.165) is 22.0 Å². The first-order chi connectivity index (χ1) is 10.0. The minimum Gasteiger partial charge on any atom is -0.389 e. The van der Waals surface area contributed by atoms with Crippen LogP contribution in [0, 0.1) is 5.82 Å². The third-order valence-corrected chi connectivity index (χ3v) is 3.93. The number of thiocarbonyl (C=S) groups is 1. The Hall–Kier alpha value is -1.91. The monoisotopic (exact) mass is 318 g/mol. The van der Waals surface area contributed by atoms with Crippen LogP contribution in [0.15, 0.2) is 48.7 Å². The first-order valence-corrected chi connectivity index (χ1v) is 7.16. The van der Waals surface area contributed by atoms with Crippen molar-refractivity contribution in [1.29, 1.82) is 0 Å². The number of nitrogens with two attached hydrogens (primary N) is 1. The summed E-state index contributed by atoms with van der Waals surface area (Å²) < 4.78 is 15.5. The zero-order valence-corrected chi connectivity index (χ0v) is 12.6. The van der Waals surface area contributed by atoms with Crippen LogP contribution in [0.2, 0.25) is 5.02 Å². The minimum absolute atomic E-state index is 0.136. The van der Waals surface area contributed by atoms with Gasteiger partial charge in [-0.15, -0.1) is 0 Å². The molecule has 2 nitrogen and oxygen atoms in total. The van der Waals surface area contributed by atoms with Crippen LogP contribution in [0.3, 0.4) is 0 Å². The van der Waals surface area contributed by atoms with Gasteiger partial charge in [0.1, 0.15) is 10.8 Å². The van der Waals surface area contributed by atoms with Crippen molar-refractivity contribution in [3.63, 3.8) is 0 Å². The molecular weight excluding hydrogens is 307 g/mol. The lowest BCUT2D eigenvalue weighted by atomic mass is 10.1. The van der Waals surface area contributed by atoms with E-state index >= 15 is 0 Å². The number of benzene rings is 2. The van der Waals surface area contributed by atoms with Crippen LogP contribution in [-0.2, 0) is 6.54 Å². The highest BCUT2D eigenvalue weighted by Crippen LogP contribution is 2.21. The number of aromatic nitrogens is 1. The van der Waals surface area contributed by atoms with E-state index in [1.54, 1.807) is 6.07 Å². The third kappa shape index (κ3) is 2.77. The molecule has 0 amide bonds. The Balaban J connectivity index is 1.97. The predicted molar refractivity (Wildman–Crippen MR) is 88.3 cm³/mol. The highest BCUT2D eigenvalue weighted by Gasteiger charge is 2.06. The molecule has 0 saturated heterocycles. The Morgan fingerprint density at radius 1 is 1.19 bits per heavy atom. The zero-order valence-electron chi connectivity index (χ0n) is 11.0. The average Bonchev–Trinajstić information content (AvgIpc) is 2.85. The van der Waals surface area contributed by atoms with Gasteiger partial charge < -0.3 is 10.3 Å². The van der Waals surface area contributed by atoms with Crippen molar-refractivity contribution in [2.45, 2.75) is 6.54 Å². The second kappa shape index (κ2) is 5.47. The minimum atomic E-state index is -0.401. The molecule has 0 atom stereocenters. The summed E-state index contributed by atoms with van der Waals surface area (Å²) in [6, 6.07) is 12.7. The highest BCUT2D eigenvalue weighted by molar-refractivity contribution is 7.80. The van der Waals surface area contributed by atoms with E-state index in [2.05, 4.69) is 0 Å². The molecule has 21 heavy (non-hydrogen) atoms. The number of nitrogens with zero attached hydrogens (tertiary/aromatic N) is 1. The van der Waals surface area contributed by atoms with Gasteiger partial charge in [0.2, 0.25) is 0 Å². The lowest BCUT2D eigenvalue weighted by Crippen LogP contribution is -2.08. The quantitative estimate of drug-likeness (QED) is 0.737. The van der Waals surface area contributed by atoms with Crippen molar-refractivity contribution in [1.82, 2.24) is 4.57 Å². The fraction of sp³-hybridized carbons (Fsp3) is 0.0625. The lowest BCUT2D eigenvalue weighted by molar-refractivity contribution is 0.624. The van der Waals surface area contributed by atoms with Crippen LogP contribution in [0.25, 0.3) is 10.9 Å². The standard InChI is InChI=1S/C16H12ClFN2S/c17-13-3-1-10(7-14(13)18)9-20-6-5-11-8-12(16(19)21)2-4-15(11)20/h1-8H,9H2,(H2,19,21). The molecule has 106 valence electrons. The van der Waals surface area contributed by atoms with E-state index in [1.165, 1.54) is 6.07 Å². The fourth-order valence-corrected chi connectivity index (χ4v) is 2.57. The molecule has 0 unspecified atom stereocenters. The van der Waals surface area contributed by atoms with Crippen LogP contribution in [0.4, 0.5) is 4.39 Å². The molecule has 1 heterocycles. The maximum atomic E-state index is 13.5. The molecule has 0 spiro atoms. The largest absolute Gasteiger partial charge is 0.389 e. The number of fused-ring (bicyclic) bond motifs is 1. The molecule has 0 aliphatic heterocycles. The number of hydrogen-bond acceptors (Lipinski definition) is 1. The van der Waals surface area contributed by atoms with E-state index in [0.29, 0.717) is 11.5 Å². The van der Waals surface area contributed by atoms with E-state index in [9.17, 15) is 4.39 Å². The van der Waals surface area contributed by atoms with Crippen molar-refractivity contribution in [3.8, 4) is 0 Å². The van der Waals surface area contributed by atoms with E-state index < -0.39 is 5.82 Å². The van der Waals surface area contributed by atoms with Crippen LogP contribution in [0.1, 0.15) is 11.1 Å². The van der Waals surface area contributed by atoms with Gasteiger partial charge in [-0.25, -0.2) is 4.39 Å². The number of halogens is 2. The van der Waals surface area contributed by atoms with Gasteiger partial charge in [-0.2, -0.15) is 0 Å². The molecule has 2 aromatic carbocycles. The number of hydrogen-bond donors (Lipinski definition) is 1. The number of rotatable bonds is 3. The molecule has 5 heteroatoms. The first kappa shape index (κ1) is 14.0. The van der Waals surface area contributed by atoms with Crippen molar-refractivity contribution in [2.75, 3.05) is 0 Å². The molecule has 0 saturated carbocycles. The Morgan fingerprint density at radius 2 is 2.00 bits per heavy atom. The molecule has 0 radical (unpaired) electrons. The summed E-state index contributed by atoms with van der Waals surface area (Å²) in [6.07, 6.45) is 1.96. The van der Waals surface area contributed by atoms with E-state index in [4.69, 9.17) is 29.6 Å². The molecule has 0 aliphatic rings. The molecule has 0 bridgehead atoms. The van der Waals surface area contributed by atoms with Gasteiger partial charge in [-0.3, -0.25) is 0 Å². The van der Waals surface area contributed by atoms with Crippen molar-refractivity contribution in [2.24, 2.45) is 5.73 Å². The zero-order chi connectivity index (χ0) is 15.0.